The maximum atomic E-state index is 10.4. The molecule has 0 aromatic heterocycles. The first kappa shape index (κ1) is 17.6. The van der Waals surface area contributed by atoms with Crippen LogP contribution in [0.4, 0.5) is 0 Å². The summed E-state index contributed by atoms with van der Waals surface area (Å²) in [6, 6.07) is 7.32. The van der Waals surface area contributed by atoms with E-state index >= 15 is 0 Å². The second-order valence-corrected chi connectivity index (χ2v) is 7.28. The summed E-state index contributed by atoms with van der Waals surface area (Å²) in [6.07, 6.45) is -3.20. The van der Waals surface area contributed by atoms with Gasteiger partial charge in [0.05, 0.1) is 38.6 Å². The molecule has 0 amide bonds. The third-order valence-electron chi connectivity index (χ3n) is 4.96. The predicted octanol–water partition coefficient (Wildman–Crippen LogP) is 0.892. The lowest BCUT2D eigenvalue weighted by molar-refractivity contribution is -0.207. The molecule has 2 heterocycles. The fourth-order valence-corrected chi connectivity index (χ4v) is 3.16. The lowest BCUT2D eigenvalue weighted by Gasteiger charge is -2.41. The van der Waals surface area contributed by atoms with E-state index in [9.17, 15) is 15.3 Å². The first-order valence-corrected chi connectivity index (χ1v) is 8.36. The highest BCUT2D eigenvalue weighted by atomic mass is 16.5. The third-order valence-corrected chi connectivity index (χ3v) is 4.96. The molecule has 3 N–H and O–H groups in total. The molecule has 5 atom stereocenters. The van der Waals surface area contributed by atoms with Gasteiger partial charge in [0.25, 0.3) is 0 Å². The molecule has 24 heavy (non-hydrogen) atoms. The van der Waals surface area contributed by atoms with Crippen molar-refractivity contribution in [1.29, 1.82) is 0 Å². The zero-order valence-corrected chi connectivity index (χ0v) is 14.1. The summed E-state index contributed by atoms with van der Waals surface area (Å²) >= 11 is 0. The lowest BCUT2D eigenvalue weighted by atomic mass is 9.86. The van der Waals surface area contributed by atoms with Gasteiger partial charge in [0.2, 0.25) is 0 Å². The van der Waals surface area contributed by atoms with Gasteiger partial charge >= 0.3 is 0 Å². The van der Waals surface area contributed by atoms with Gasteiger partial charge in [-0.3, -0.25) is 0 Å². The summed E-state index contributed by atoms with van der Waals surface area (Å²) in [5.41, 5.74) is 0.768. The molecule has 0 aliphatic carbocycles. The Balaban J connectivity index is 1.72. The standard InChI is InChI=1S/C18H26O6/c1-11-14(7-19)24-17(16(21)15(11)20)12-4-3-5-13(6-12)23-10-18(2)8-22-9-18/h3-6,11,14-17,19-21H,7-10H2,1-2H3. The molecule has 1 aromatic rings. The summed E-state index contributed by atoms with van der Waals surface area (Å²) in [7, 11) is 0. The highest BCUT2D eigenvalue weighted by Gasteiger charge is 2.42. The van der Waals surface area contributed by atoms with E-state index in [0.29, 0.717) is 25.6 Å². The van der Waals surface area contributed by atoms with E-state index in [2.05, 4.69) is 6.92 Å². The van der Waals surface area contributed by atoms with Crippen LogP contribution in [0.1, 0.15) is 25.5 Å². The second kappa shape index (κ2) is 6.98. The van der Waals surface area contributed by atoms with E-state index in [1.807, 2.05) is 24.3 Å². The van der Waals surface area contributed by atoms with Crippen molar-refractivity contribution in [2.24, 2.45) is 11.3 Å². The Labute approximate surface area is 142 Å². The van der Waals surface area contributed by atoms with Gasteiger partial charge in [0.15, 0.2) is 0 Å². The molecule has 1 aromatic carbocycles. The van der Waals surface area contributed by atoms with Crippen LogP contribution in [0.25, 0.3) is 0 Å². The molecule has 5 unspecified atom stereocenters. The molecular weight excluding hydrogens is 312 g/mol. The maximum Gasteiger partial charge on any atom is 0.119 e. The third kappa shape index (κ3) is 3.43. The van der Waals surface area contributed by atoms with Gasteiger partial charge in [-0.15, -0.1) is 0 Å². The van der Waals surface area contributed by atoms with Crippen molar-refractivity contribution in [2.75, 3.05) is 26.4 Å². The summed E-state index contributed by atoms with van der Waals surface area (Å²) < 4.78 is 16.9. The molecule has 0 saturated carbocycles. The van der Waals surface area contributed by atoms with Crippen LogP contribution in [-0.4, -0.2) is 60.1 Å². The van der Waals surface area contributed by atoms with Crippen molar-refractivity contribution in [3.8, 4) is 5.75 Å². The van der Waals surface area contributed by atoms with Crippen molar-refractivity contribution in [3.05, 3.63) is 29.8 Å². The number of hydrogen-bond acceptors (Lipinski definition) is 6. The Bertz CT molecular complexity index is 556. The van der Waals surface area contributed by atoms with Crippen LogP contribution in [0.5, 0.6) is 5.75 Å². The van der Waals surface area contributed by atoms with Crippen LogP contribution in [0.2, 0.25) is 0 Å². The molecule has 0 spiro atoms. The highest BCUT2D eigenvalue weighted by molar-refractivity contribution is 5.31. The number of rotatable bonds is 5. The van der Waals surface area contributed by atoms with Gasteiger partial charge in [-0.1, -0.05) is 26.0 Å². The Hall–Kier alpha value is -1.18. The predicted molar refractivity (Wildman–Crippen MR) is 86.7 cm³/mol. The Morgan fingerprint density at radius 3 is 2.62 bits per heavy atom. The minimum Gasteiger partial charge on any atom is -0.493 e. The fourth-order valence-electron chi connectivity index (χ4n) is 3.16. The van der Waals surface area contributed by atoms with Crippen molar-refractivity contribution in [3.63, 3.8) is 0 Å². The zero-order chi connectivity index (χ0) is 17.3. The van der Waals surface area contributed by atoms with Gasteiger partial charge in [-0.2, -0.15) is 0 Å². The molecule has 2 fully saturated rings. The zero-order valence-electron chi connectivity index (χ0n) is 14.1. The fraction of sp³-hybridized carbons (Fsp3) is 0.667. The molecule has 2 aliphatic rings. The first-order chi connectivity index (χ1) is 11.4. The Morgan fingerprint density at radius 2 is 2.00 bits per heavy atom. The van der Waals surface area contributed by atoms with Crippen LogP contribution < -0.4 is 4.74 Å². The molecule has 2 saturated heterocycles. The molecule has 6 nitrogen and oxygen atoms in total. The lowest BCUT2D eigenvalue weighted by Crippen LogP contribution is -2.50. The normalized spacial score (nSPS) is 35.3. The van der Waals surface area contributed by atoms with Gasteiger partial charge in [-0.25, -0.2) is 0 Å². The number of benzene rings is 1. The minimum atomic E-state index is -1.05. The Morgan fingerprint density at radius 1 is 1.25 bits per heavy atom. The van der Waals surface area contributed by atoms with E-state index in [0.717, 1.165) is 5.56 Å². The van der Waals surface area contributed by atoms with Crippen molar-refractivity contribution >= 4 is 0 Å². The first-order valence-electron chi connectivity index (χ1n) is 8.36. The molecule has 6 heteroatoms. The van der Waals surface area contributed by atoms with Crippen LogP contribution in [0.3, 0.4) is 0 Å². The van der Waals surface area contributed by atoms with E-state index in [1.165, 1.54) is 0 Å². The number of ether oxygens (including phenoxy) is 3. The molecule has 0 radical (unpaired) electrons. The van der Waals surface area contributed by atoms with Crippen LogP contribution in [-0.2, 0) is 9.47 Å². The summed E-state index contributed by atoms with van der Waals surface area (Å²) in [5, 5.41) is 30.0. The van der Waals surface area contributed by atoms with Gasteiger partial charge in [0.1, 0.15) is 18.0 Å². The largest absolute Gasteiger partial charge is 0.493 e. The number of aliphatic hydroxyl groups excluding tert-OH is 3. The topological polar surface area (TPSA) is 88.4 Å². The molecule has 2 aliphatic heterocycles. The average Bonchev–Trinajstić information content (AvgIpc) is 2.57. The molecule has 134 valence electrons. The molecule has 3 rings (SSSR count). The monoisotopic (exact) mass is 338 g/mol. The van der Waals surface area contributed by atoms with Gasteiger partial charge in [0, 0.05) is 11.3 Å². The SMILES string of the molecule is CC1C(CO)OC(c2cccc(OCC3(C)COC3)c2)C(O)C1O. The van der Waals surface area contributed by atoms with E-state index in [-0.39, 0.29) is 17.9 Å². The maximum absolute atomic E-state index is 10.4. The molecule has 0 bridgehead atoms. The smallest absolute Gasteiger partial charge is 0.119 e. The quantitative estimate of drug-likeness (QED) is 0.739. The average molecular weight is 338 g/mol. The Kier molecular flexibility index (Phi) is 5.13. The van der Waals surface area contributed by atoms with Crippen molar-refractivity contribution < 1.29 is 29.5 Å². The summed E-state index contributed by atoms with van der Waals surface area (Å²) in [6.45, 7) is 5.61. The van der Waals surface area contributed by atoms with E-state index in [1.54, 1.807) is 6.92 Å². The summed E-state index contributed by atoms with van der Waals surface area (Å²) in [5.74, 6) is 0.351. The number of hydrogen-bond donors (Lipinski definition) is 3. The van der Waals surface area contributed by atoms with Crippen LogP contribution in [0, 0.1) is 11.3 Å². The number of aliphatic hydroxyl groups is 3. The minimum absolute atomic E-state index is 0.0461. The van der Waals surface area contributed by atoms with Crippen LogP contribution >= 0.6 is 0 Å². The van der Waals surface area contributed by atoms with E-state index < -0.39 is 24.4 Å². The van der Waals surface area contributed by atoms with Gasteiger partial charge < -0.3 is 29.5 Å². The van der Waals surface area contributed by atoms with Crippen molar-refractivity contribution in [1.82, 2.24) is 0 Å². The van der Waals surface area contributed by atoms with Gasteiger partial charge in [-0.05, 0) is 17.7 Å². The summed E-state index contributed by atoms with van der Waals surface area (Å²) in [4.78, 5) is 0. The second-order valence-electron chi connectivity index (χ2n) is 7.28. The van der Waals surface area contributed by atoms with E-state index in [4.69, 9.17) is 14.2 Å². The molecular formula is C18H26O6. The highest BCUT2D eigenvalue weighted by Crippen LogP contribution is 2.36. The van der Waals surface area contributed by atoms with Crippen molar-refractivity contribution in [2.45, 2.75) is 38.3 Å². The van der Waals surface area contributed by atoms with Crippen LogP contribution in [0.15, 0.2) is 24.3 Å².